The molecule has 0 heterocycles. The number of phenols is 1. The van der Waals surface area contributed by atoms with Gasteiger partial charge in [-0.15, -0.1) is 0 Å². The molecule has 0 fully saturated rings. The Kier molecular flexibility index (Phi) is 16.7. The lowest BCUT2D eigenvalue weighted by atomic mass is 10.0. The Balaban J connectivity index is 3.29. The molecule has 50 heavy (non-hydrogen) atoms. The highest BCUT2D eigenvalue weighted by molar-refractivity contribution is 5.98. The highest BCUT2D eigenvalue weighted by Crippen LogP contribution is 2.12. The largest absolute Gasteiger partial charge is 0.508 e. The first-order chi connectivity index (χ1) is 23.1. The van der Waals surface area contributed by atoms with E-state index in [0.717, 1.165) is 20.8 Å². The summed E-state index contributed by atoms with van der Waals surface area (Å²) in [7, 11) is 0. The SMILES string of the molecule is C[C@@H](O)[C@H](NC(=O)[C@H](Cc1ccc(O)cc1)NC(=O)[C@H](CC(N)=O)NC(=O)[C@@H](NC(=O)[C@@H](NC(=O)[C@H](N)CC(=O)O)[C@@H](C)O)[C@@H](C)O)C(=O)O. The van der Waals surface area contributed by atoms with E-state index < -0.39 is 115 Å². The minimum Gasteiger partial charge on any atom is -0.508 e. The number of hydrogen-bond acceptors (Lipinski definition) is 13. The maximum absolute atomic E-state index is 13.4. The molecule has 0 aliphatic rings. The van der Waals surface area contributed by atoms with Gasteiger partial charge in [-0.05, 0) is 38.5 Å². The third-order valence-corrected chi connectivity index (χ3v) is 6.95. The Bertz CT molecular complexity index is 1400. The van der Waals surface area contributed by atoms with Crippen LogP contribution < -0.4 is 38.1 Å². The molecule has 21 heteroatoms. The number of aliphatic carboxylic acids is 2. The number of benzene rings is 1. The molecule has 0 aliphatic heterocycles. The topological polar surface area (TPSA) is 370 Å². The van der Waals surface area contributed by atoms with Gasteiger partial charge >= 0.3 is 11.9 Å². The van der Waals surface area contributed by atoms with Crippen LogP contribution in [0.1, 0.15) is 39.2 Å². The summed E-state index contributed by atoms with van der Waals surface area (Å²) < 4.78 is 0. The molecule has 9 atom stereocenters. The molecular formula is C29H43N7O14. The Morgan fingerprint density at radius 1 is 0.620 bits per heavy atom. The maximum Gasteiger partial charge on any atom is 0.328 e. The molecule has 1 rings (SSSR count). The van der Waals surface area contributed by atoms with Crippen molar-refractivity contribution in [2.24, 2.45) is 11.5 Å². The second kappa shape index (κ2) is 19.6. The number of aromatic hydroxyl groups is 1. The van der Waals surface area contributed by atoms with Crippen molar-refractivity contribution < 1.29 is 69.0 Å². The lowest BCUT2D eigenvalue weighted by Crippen LogP contribution is -2.63. The highest BCUT2D eigenvalue weighted by Gasteiger charge is 2.36. The normalized spacial score (nSPS) is 16.4. The van der Waals surface area contributed by atoms with Crippen LogP contribution in [-0.4, -0.2) is 133 Å². The second-order valence-electron chi connectivity index (χ2n) is 11.4. The van der Waals surface area contributed by atoms with Gasteiger partial charge in [0.05, 0.1) is 37.2 Å². The van der Waals surface area contributed by atoms with Gasteiger partial charge in [0.25, 0.3) is 0 Å². The molecule has 0 saturated carbocycles. The molecule has 21 nitrogen and oxygen atoms in total. The summed E-state index contributed by atoms with van der Waals surface area (Å²) in [4.78, 5) is 99.3. The van der Waals surface area contributed by atoms with Gasteiger partial charge in [0.1, 0.15) is 29.9 Å². The zero-order chi connectivity index (χ0) is 38.5. The van der Waals surface area contributed by atoms with E-state index in [4.69, 9.17) is 16.6 Å². The minimum atomic E-state index is -1.91. The molecule has 0 aliphatic carbocycles. The molecule has 0 bridgehead atoms. The van der Waals surface area contributed by atoms with Crippen LogP contribution >= 0.6 is 0 Å². The lowest BCUT2D eigenvalue weighted by Gasteiger charge is -2.28. The fourth-order valence-corrected chi connectivity index (χ4v) is 4.26. The van der Waals surface area contributed by atoms with E-state index >= 15 is 0 Å². The Morgan fingerprint density at radius 2 is 1.04 bits per heavy atom. The second-order valence-corrected chi connectivity index (χ2v) is 11.4. The average Bonchev–Trinajstić information content (AvgIpc) is 2.99. The number of aliphatic hydroxyl groups is 3. The molecule has 0 spiro atoms. The summed E-state index contributed by atoms with van der Waals surface area (Å²) in [5, 5.41) is 68.6. The first kappa shape index (κ1) is 42.6. The van der Waals surface area contributed by atoms with Gasteiger partial charge in [0, 0.05) is 6.42 Å². The van der Waals surface area contributed by atoms with Crippen LogP contribution in [0.15, 0.2) is 24.3 Å². The van der Waals surface area contributed by atoms with Gasteiger partial charge in [-0.3, -0.25) is 33.6 Å². The van der Waals surface area contributed by atoms with E-state index in [0.29, 0.717) is 5.56 Å². The summed E-state index contributed by atoms with van der Waals surface area (Å²) in [5.74, 6) is -10.3. The summed E-state index contributed by atoms with van der Waals surface area (Å²) >= 11 is 0. The number of nitrogens with two attached hydrogens (primary N) is 2. The van der Waals surface area contributed by atoms with Crippen LogP contribution in [0.3, 0.4) is 0 Å². The summed E-state index contributed by atoms with van der Waals surface area (Å²) in [6.45, 7) is 3.21. The lowest BCUT2D eigenvalue weighted by molar-refractivity contribution is -0.145. The predicted octanol–water partition coefficient (Wildman–Crippen LogP) is -5.74. The van der Waals surface area contributed by atoms with Crippen molar-refractivity contribution in [3.8, 4) is 5.75 Å². The molecule has 15 N–H and O–H groups in total. The van der Waals surface area contributed by atoms with Crippen molar-refractivity contribution >= 4 is 47.4 Å². The number of carbonyl (C=O) groups excluding carboxylic acids is 6. The van der Waals surface area contributed by atoms with E-state index in [2.05, 4.69) is 21.3 Å². The van der Waals surface area contributed by atoms with Crippen LogP contribution in [0.2, 0.25) is 0 Å². The quantitative estimate of drug-likeness (QED) is 0.0599. The fourth-order valence-electron chi connectivity index (χ4n) is 4.26. The zero-order valence-electron chi connectivity index (χ0n) is 27.2. The fraction of sp³-hybridized carbons (Fsp3) is 0.517. The van der Waals surface area contributed by atoms with Crippen molar-refractivity contribution in [2.45, 2.75) is 94.6 Å². The molecule has 0 radical (unpaired) electrons. The number of amides is 6. The van der Waals surface area contributed by atoms with Crippen LogP contribution in [-0.2, 0) is 44.8 Å². The minimum absolute atomic E-state index is 0.133. The van der Waals surface area contributed by atoms with Gasteiger partial charge in [0.2, 0.25) is 35.4 Å². The van der Waals surface area contributed by atoms with E-state index in [9.17, 15) is 63.9 Å². The van der Waals surface area contributed by atoms with E-state index in [1.807, 2.05) is 5.32 Å². The van der Waals surface area contributed by atoms with Crippen LogP contribution in [0.5, 0.6) is 5.75 Å². The van der Waals surface area contributed by atoms with Crippen LogP contribution in [0, 0.1) is 0 Å². The molecule has 1 aromatic carbocycles. The van der Waals surface area contributed by atoms with Gasteiger partial charge in [-0.1, -0.05) is 12.1 Å². The molecule has 278 valence electrons. The number of carbonyl (C=O) groups is 8. The monoisotopic (exact) mass is 713 g/mol. The smallest absolute Gasteiger partial charge is 0.328 e. The maximum atomic E-state index is 13.4. The van der Waals surface area contributed by atoms with Gasteiger partial charge < -0.3 is 68.7 Å². The van der Waals surface area contributed by atoms with Gasteiger partial charge in [-0.2, -0.15) is 0 Å². The number of hydrogen-bond donors (Lipinski definition) is 13. The molecule has 0 saturated heterocycles. The van der Waals surface area contributed by atoms with E-state index in [1.165, 1.54) is 24.3 Å². The Morgan fingerprint density at radius 3 is 1.48 bits per heavy atom. The predicted molar refractivity (Wildman–Crippen MR) is 168 cm³/mol. The first-order valence-corrected chi connectivity index (χ1v) is 15.0. The van der Waals surface area contributed by atoms with Gasteiger partial charge in [0.15, 0.2) is 6.04 Å². The molecule has 1 aromatic rings. The van der Waals surface area contributed by atoms with Crippen molar-refractivity contribution in [1.82, 2.24) is 26.6 Å². The Hall–Kier alpha value is -5.38. The summed E-state index contributed by atoms with van der Waals surface area (Å²) in [6.07, 6.45) is -6.94. The van der Waals surface area contributed by atoms with Gasteiger partial charge in [-0.25, -0.2) is 4.79 Å². The molecule has 0 aromatic heterocycles. The third-order valence-electron chi connectivity index (χ3n) is 6.95. The zero-order valence-corrected chi connectivity index (χ0v) is 27.2. The molecule has 0 unspecified atom stereocenters. The van der Waals surface area contributed by atoms with Crippen LogP contribution in [0.4, 0.5) is 0 Å². The number of carboxylic acid groups (broad SMARTS) is 2. The summed E-state index contributed by atoms with van der Waals surface area (Å²) in [5.41, 5.74) is 11.1. The van der Waals surface area contributed by atoms with Crippen molar-refractivity contribution in [2.75, 3.05) is 0 Å². The third kappa shape index (κ3) is 14.0. The van der Waals surface area contributed by atoms with Crippen molar-refractivity contribution in [1.29, 1.82) is 0 Å². The number of rotatable bonds is 20. The van der Waals surface area contributed by atoms with Crippen molar-refractivity contribution in [3.63, 3.8) is 0 Å². The van der Waals surface area contributed by atoms with E-state index in [-0.39, 0.29) is 12.2 Å². The number of carboxylic acids is 2. The van der Waals surface area contributed by atoms with E-state index in [1.54, 1.807) is 0 Å². The number of phenolic OH excluding ortho intramolecular Hbond substituents is 1. The first-order valence-electron chi connectivity index (χ1n) is 15.0. The molecular weight excluding hydrogens is 670 g/mol. The number of nitrogens with one attached hydrogen (secondary N) is 5. The van der Waals surface area contributed by atoms with Crippen molar-refractivity contribution in [3.05, 3.63) is 29.8 Å². The average molecular weight is 714 g/mol. The number of primary amides is 1. The standard InChI is InChI=1S/C29H43N7O14/c1-11(37)21(35-28(48)22(12(2)38)34-24(44)16(30)9-20(42)43)27(47)33-18(10-19(31)41)25(45)32-17(8-14-4-6-15(40)7-5-14)26(46)36-23(13(3)39)29(49)50/h4-7,11-13,16-18,21-23,37-40H,8-10,30H2,1-3H3,(H2,31,41)(H,32,45)(H,33,47)(H,34,44)(H,35,48)(H,36,46)(H,42,43)(H,49,50)/t11-,12-,13-,16-,17+,18+,21+,22+,23+/m1/s1. The number of aliphatic hydroxyl groups excluding tert-OH is 3. The molecule has 6 amide bonds. The summed E-state index contributed by atoms with van der Waals surface area (Å²) in [6, 6.07) is -5.31. The van der Waals surface area contributed by atoms with Crippen LogP contribution in [0.25, 0.3) is 0 Å². The highest BCUT2D eigenvalue weighted by atomic mass is 16.4. The Labute approximate surface area is 284 Å².